The molecule has 0 saturated carbocycles. The molecule has 0 spiro atoms. The number of carbonyl (C=O) groups excluding carboxylic acids is 3. The molecule has 130 valence electrons. The number of amides is 4. The summed E-state index contributed by atoms with van der Waals surface area (Å²) < 4.78 is 0. The summed E-state index contributed by atoms with van der Waals surface area (Å²) >= 11 is 5.81. The first-order valence-electron chi connectivity index (χ1n) is 7.49. The van der Waals surface area contributed by atoms with Gasteiger partial charge in [-0.3, -0.25) is 15.0 Å². The van der Waals surface area contributed by atoms with Crippen LogP contribution in [0.25, 0.3) is 0 Å². The molecule has 4 N–H and O–H groups in total. The zero-order valence-electron chi connectivity index (χ0n) is 13.2. The molecule has 0 bridgehead atoms. The fourth-order valence-corrected chi connectivity index (χ4v) is 2.08. The largest absolute Gasteiger partial charge is 0.337 e. The molecule has 0 saturated heterocycles. The molecule has 4 amide bonds. The third kappa shape index (κ3) is 6.92. The van der Waals surface area contributed by atoms with Crippen molar-refractivity contribution in [1.29, 1.82) is 0 Å². The van der Waals surface area contributed by atoms with Crippen molar-refractivity contribution >= 4 is 40.8 Å². The first kappa shape index (κ1) is 18.3. The predicted molar refractivity (Wildman–Crippen MR) is 96.1 cm³/mol. The van der Waals surface area contributed by atoms with Crippen LogP contribution in [0.5, 0.6) is 0 Å². The molecule has 0 aliphatic rings. The fourth-order valence-electron chi connectivity index (χ4n) is 1.89. The number of benzene rings is 2. The van der Waals surface area contributed by atoms with E-state index in [9.17, 15) is 14.4 Å². The van der Waals surface area contributed by atoms with E-state index in [0.717, 1.165) is 0 Å². The predicted octanol–water partition coefficient (Wildman–Crippen LogP) is 2.91. The number of rotatable bonds is 5. The Morgan fingerprint density at radius 3 is 2.16 bits per heavy atom. The van der Waals surface area contributed by atoms with Crippen molar-refractivity contribution in [3.8, 4) is 0 Å². The van der Waals surface area contributed by atoms with Crippen molar-refractivity contribution < 1.29 is 14.4 Å². The maximum atomic E-state index is 11.7. The molecule has 2 aromatic rings. The second-order valence-electron chi connectivity index (χ2n) is 5.05. The monoisotopic (exact) mass is 360 g/mol. The Kier molecular flexibility index (Phi) is 6.79. The van der Waals surface area contributed by atoms with Gasteiger partial charge in [-0.2, -0.15) is 0 Å². The van der Waals surface area contributed by atoms with E-state index in [0.29, 0.717) is 16.4 Å². The molecule has 0 fully saturated rings. The number of para-hydroxylation sites is 1. The number of urea groups is 1. The van der Waals surface area contributed by atoms with E-state index in [1.54, 1.807) is 48.5 Å². The van der Waals surface area contributed by atoms with Crippen LogP contribution in [-0.2, 0) is 9.59 Å². The van der Waals surface area contributed by atoms with Crippen LogP contribution in [0.15, 0.2) is 54.6 Å². The van der Waals surface area contributed by atoms with Crippen molar-refractivity contribution in [1.82, 2.24) is 10.9 Å². The minimum absolute atomic E-state index is 0.00167. The van der Waals surface area contributed by atoms with Gasteiger partial charge in [0.1, 0.15) is 0 Å². The van der Waals surface area contributed by atoms with E-state index in [-0.39, 0.29) is 18.7 Å². The van der Waals surface area contributed by atoms with Gasteiger partial charge >= 0.3 is 6.03 Å². The minimum atomic E-state index is -0.621. The molecule has 0 radical (unpaired) electrons. The highest BCUT2D eigenvalue weighted by molar-refractivity contribution is 6.30. The van der Waals surface area contributed by atoms with Gasteiger partial charge in [-0.15, -0.1) is 0 Å². The van der Waals surface area contributed by atoms with Crippen LogP contribution in [0.3, 0.4) is 0 Å². The Hall–Kier alpha value is -3.06. The summed E-state index contributed by atoms with van der Waals surface area (Å²) in [4.78, 5) is 35.0. The maximum absolute atomic E-state index is 11.7. The van der Waals surface area contributed by atoms with Gasteiger partial charge < -0.3 is 10.6 Å². The summed E-state index contributed by atoms with van der Waals surface area (Å²) in [7, 11) is 0. The van der Waals surface area contributed by atoms with Gasteiger partial charge in [-0.05, 0) is 30.3 Å². The maximum Gasteiger partial charge on any atom is 0.337 e. The molecule has 8 heteroatoms. The van der Waals surface area contributed by atoms with Crippen LogP contribution < -0.4 is 21.5 Å². The lowest BCUT2D eigenvalue weighted by molar-refractivity contribution is -0.124. The highest BCUT2D eigenvalue weighted by Crippen LogP contribution is 2.14. The van der Waals surface area contributed by atoms with Crippen LogP contribution in [0, 0.1) is 0 Å². The number of halogens is 1. The van der Waals surface area contributed by atoms with Crippen molar-refractivity contribution in [3.05, 3.63) is 59.6 Å². The summed E-state index contributed by atoms with van der Waals surface area (Å²) in [6, 6.07) is 14.9. The van der Waals surface area contributed by atoms with Gasteiger partial charge in [0, 0.05) is 29.2 Å². The molecule has 2 aromatic carbocycles. The highest BCUT2D eigenvalue weighted by atomic mass is 35.5. The van der Waals surface area contributed by atoms with E-state index in [4.69, 9.17) is 11.6 Å². The van der Waals surface area contributed by atoms with Crippen LogP contribution in [0.4, 0.5) is 16.2 Å². The van der Waals surface area contributed by atoms with Gasteiger partial charge in [0.05, 0.1) is 0 Å². The smallest absolute Gasteiger partial charge is 0.326 e. The van der Waals surface area contributed by atoms with Gasteiger partial charge in [0.2, 0.25) is 11.8 Å². The summed E-state index contributed by atoms with van der Waals surface area (Å²) in [5, 5.41) is 5.65. The Morgan fingerprint density at radius 1 is 0.760 bits per heavy atom. The number of carbonyl (C=O) groups is 3. The Balaban J connectivity index is 1.66. The van der Waals surface area contributed by atoms with Crippen molar-refractivity contribution in [2.45, 2.75) is 12.8 Å². The molecule has 0 aromatic heterocycles. The quantitative estimate of drug-likeness (QED) is 0.617. The van der Waals surface area contributed by atoms with Crippen molar-refractivity contribution in [2.24, 2.45) is 0 Å². The van der Waals surface area contributed by atoms with Crippen LogP contribution in [0.2, 0.25) is 5.02 Å². The molecule has 25 heavy (non-hydrogen) atoms. The zero-order valence-corrected chi connectivity index (χ0v) is 14.0. The van der Waals surface area contributed by atoms with Crippen LogP contribution in [-0.4, -0.2) is 17.8 Å². The number of nitrogens with one attached hydrogen (secondary N) is 4. The molecule has 0 unspecified atom stereocenters. The number of hydrogen-bond acceptors (Lipinski definition) is 3. The molecule has 0 atom stereocenters. The number of hydrogen-bond donors (Lipinski definition) is 4. The second-order valence-corrected chi connectivity index (χ2v) is 5.49. The van der Waals surface area contributed by atoms with E-state index in [2.05, 4.69) is 21.5 Å². The van der Waals surface area contributed by atoms with Gasteiger partial charge in [0.25, 0.3) is 0 Å². The number of hydrazine groups is 1. The third-order valence-electron chi connectivity index (χ3n) is 3.03. The lowest BCUT2D eigenvalue weighted by Gasteiger charge is -2.09. The molecular formula is C17H17ClN4O3. The second kappa shape index (κ2) is 9.29. The normalized spacial score (nSPS) is 9.80. The van der Waals surface area contributed by atoms with Gasteiger partial charge in [-0.1, -0.05) is 35.9 Å². The van der Waals surface area contributed by atoms with Gasteiger partial charge in [0.15, 0.2) is 0 Å². The van der Waals surface area contributed by atoms with Gasteiger partial charge in [-0.25, -0.2) is 10.2 Å². The molecule has 2 rings (SSSR count). The Morgan fingerprint density at radius 2 is 1.44 bits per heavy atom. The summed E-state index contributed by atoms with van der Waals surface area (Å²) in [5.74, 6) is -0.769. The SMILES string of the molecule is O=C(CCC(=O)Nc1ccccc1)NNC(=O)Nc1cccc(Cl)c1. The van der Waals surface area contributed by atoms with E-state index in [1.165, 1.54) is 0 Å². The first-order chi connectivity index (χ1) is 12.0. The summed E-state index contributed by atoms with van der Waals surface area (Å²) in [6.45, 7) is 0. The Labute approximate surface area is 149 Å². The van der Waals surface area contributed by atoms with Crippen LogP contribution >= 0.6 is 11.6 Å². The zero-order chi connectivity index (χ0) is 18.1. The van der Waals surface area contributed by atoms with E-state index < -0.39 is 11.9 Å². The molecule has 7 nitrogen and oxygen atoms in total. The fraction of sp³-hybridized carbons (Fsp3) is 0.118. The standard InChI is InChI=1S/C17H17ClN4O3/c18-12-5-4-8-14(11-12)20-17(25)22-21-16(24)10-9-15(23)19-13-6-2-1-3-7-13/h1-8,11H,9-10H2,(H,19,23)(H,21,24)(H2,20,22,25). The average molecular weight is 361 g/mol. The van der Waals surface area contributed by atoms with Crippen molar-refractivity contribution in [3.63, 3.8) is 0 Å². The minimum Gasteiger partial charge on any atom is -0.326 e. The number of anilines is 2. The summed E-state index contributed by atoms with van der Waals surface area (Å²) in [6.07, 6.45) is -0.0611. The third-order valence-corrected chi connectivity index (χ3v) is 3.27. The lowest BCUT2D eigenvalue weighted by atomic mass is 10.2. The summed E-state index contributed by atoms with van der Waals surface area (Å²) in [5.41, 5.74) is 5.57. The van der Waals surface area contributed by atoms with Crippen LogP contribution in [0.1, 0.15) is 12.8 Å². The first-order valence-corrected chi connectivity index (χ1v) is 7.87. The highest BCUT2D eigenvalue weighted by Gasteiger charge is 2.08. The molecule has 0 heterocycles. The van der Waals surface area contributed by atoms with E-state index >= 15 is 0 Å². The Bertz CT molecular complexity index is 753. The lowest BCUT2D eigenvalue weighted by Crippen LogP contribution is -2.44. The van der Waals surface area contributed by atoms with E-state index in [1.807, 2.05) is 6.07 Å². The van der Waals surface area contributed by atoms with Crippen molar-refractivity contribution in [2.75, 3.05) is 10.6 Å². The molecule has 0 aliphatic carbocycles. The average Bonchev–Trinajstić information content (AvgIpc) is 2.59. The molecular weight excluding hydrogens is 344 g/mol. The topological polar surface area (TPSA) is 99.3 Å². The molecule has 0 aliphatic heterocycles.